The number of fused-ring (bicyclic) bond motifs is 4. The number of hydrogen-bond acceptors (Lipinski definition) is 7. The van der Waals surface area contributed by atoms with Crippen LogP contribution in [-0.4, -0.2) is 76.4 Å². The summed E-state index contributed by atoms with van der Waals surface area (Å²) in [5.41, 5.74) is -1.63. The van der Waals surface area contributed by atoms with Crippen LogP contribution < -0.4 is 4.90 Å². The third-order valence-electron chi connectivity index (χ3n) is 8.56. The predicted molar refractivity (Wildman–Crippen MR) is 143 cm³/mol. The topological polar surface area (TPSA) is 83.1 Å². The maximum absolute atomic E-state index is 14.0. The molecule has 8 nitrogen and oxygen atoms in total. The van der Waals surface area contributed by atoms with Crippen molar-refractivity contribution in [3.8, 4) is 0 Å². The van der Waals surface area contributed by atoms with Gasteiger partial charge in [0.15, 0.2) is 0 Å². The average molecular weight is 579 g/mol. The maximum atomic E-state index is 14.0. The lowest BCUT2D eigenvalue weighted by atomic mass is 9.70. The van der Waals surface area contributed by atoms with Gasteiger partial charge in [0.05, 0.1) is 11.3 Å². The number of Topliss-reactive ketones (excluding diaryl/α,β-unsaturated/α-hetero) is 1. The highest BCUT2D eigenvalue weighted by atomic mass is 32.1. The van der Waals surface area contributed by atoms with Gasteiger partial charge >= 0.3 is 12.3 Å². The second-order valence-electron chi connectivity index (χ2n) is 12.7. The van der Waals surface area contributed by atoms with Crippen LogP contribution >= 0.6 is 11.3 Å². The van der Waals surface area contributed by atoms with Crippen LogP contribution in [0.5, 0.6) is 0 Å². The number of halogens is 3. The largest absolute Gasteiger partial charge is 0.444 e. The number of anilines is 1. The van der Waals surface area contributed by atoms with Gasteiger partial charge in [-0.25, -0.2) is 9.78 Å². The number of carbonyl (C=O) groups is 3. The van der Waals surface area contributed by atoms with E-state index in [0.29, 0.717) is 55.7 Å². The van der Waals surface area contributed by atoms with E-state index < -0.39 is 35.4 Å². The van der Waals surface area contributed by atoms with Gasteiger partial charge in [-0.1, -0.05) is 6.92 Å². The van der Waals surface area contributed by atoms with Gasteiger partial charge in [0.1, 0.15) is 22.3 Å². The fourth-order valence-electron chi connectivity index (χ4n) is 6.86. The van der Waals surface area contributed by atoms with Crippen LogP contribution in [0.25, 0.3) is 10.2 Å². The van der Waals surface area contributed by atoms with Crippen molar-refractivity contribution >= 4 is 45.0 Å². The Bertz CT molecular complexity index is 1390. The van der Waals surface area contributed by atoms with E-state index >= 15 is 0 Å². The minimum atomic E-state index is -4.53. The Morgan fingerprint density at radius 1 is 1.15 bits per heavy atom. The van der Waals surface area contributed by atoms with Gasteiger partial charge in [-0.05, 0) is 46.1 Å². The summed E-state index contributed by atoms with van der Waals surface area (Å²) in [6.45, 7) is 8.79. The van der Waals surface area contributed by atoms with Crippen molar-refractivity contribution in [3.63, 3.8) is 0 Å². The molecule has 2 aromatic heterocycles. The number of nitrogens with zero attached hydrogens (tertiary/aromatic N) is 4. The lowest BCUT2D eigenvalue weighted by molar-refractivity contribution is -0.163. The number of aromatic nitrogens is 1. The lowest BCUT2D eigenvalue weighted by Crippen LogP contribution is -2.76. The van der Waals surface area contributed by atoms with Gasteiger partial charge < -0.3 is 14.5 Å². The van der Waals surface area contributed by atoms with E-state index in [1.165, 1.54) is 16.2 Å². The zero-order chi connectivity index (χ0) is 28.8. The van der Waals surface area contributed by atoms with E-state index in [4.69, 9.17) is 4.74 Å². The Balaban J connectivity index is 1.19. The molecule has 4 saturated heterocycles. The number of rotatable bonds is 3. The number of carbonyl (C=O) groups excluding carboxylic acids is 3. The monoisotopic (exact) mass is 578 g/mol. The molecule has 2 aromatic rings. The smallest absolute Gasteiger partial charge is 0.419 e. The van der Waals surface area contributed by atoms with Gasteiger partial charge in [0.2, 0.25) is 5.91 Å². The zero-order valence-corrected chi connectivity index (χ0v) is 23.8. The predicted octanol–water partition coefficient (Wildman–Crippen LogP) is 4.88. The first-order chi connectivity index (χ1) is 18.7. The number of piperidine rings is 2. The fraction of sp³-hybridized carbons (Fsp3) is 0.643. The number of hydrogen-bond donors (Lipinski definition) is 0. The van der Waals surface area contributed by atoms with Crippen molar-refractivity contribution in [2.75, 3.05) is 31.1 Å². The number of thiophene rings is 1. The number of alkyl halides is 3. The Morgan fingerprint density at radius 2 is 1.85 bits per heavy atom. The van der Waals surface area contributed by atoms with Crippen molar-refractivity contribution in [2.45, 2.75) is 77.2 Å². The highest BCUT2D eigenvalue weighted by Gasteiger charge is 2.59. The summed E-state index contributed by atoms with van der Waals surface area (Å²) >= 11 is 1.41. The number of ketones is 1. The molecule has 216 valence electrons. The summed E-state index contributed by atoms with van der Waals surface area (Å²) in [5, 5.41) is 0.517. The molecule has 2 amide bonds. The Kier molecular flexibility index (Phi) is 6.18. The molecule has 12 heteroatoms. The van der Waals surface area contributed by atoms with Crippen LogP contribution in [0.15, 0.2) is 12.3 Å². The molecule has 0 unspecified atom stereocenters. The molecule has 0 N–H and O–H groups in total. The van der Waals surface area contributed by atoms with E-state index in [-0.39, 0.29) is 35.3 Å². The van der Waals surface area contributed by atoms with Crippen LogP contribution in [-0.2, 0) is 26.9 Å². The summed E-state index contributed by atoms with van der Waals surface area (Å²) in [4.78, 5) is 50.1. The zero-order valence-electron chi connectivity index (χ0n) is 23.0. The molecule has 1 saturated carbocycles. The SMILES string of the molecule is CCc1cc2c(N3CC4(CN(C(=O)[C@@H]5[C@@H]6CC[C@@H](CC6=O)N5C(=O)OC(C)(C)C)C4)C3)c(C(F)(F)F)cnc2s1. The molecule has 7 rings (SSSR count). The molecular formula is C28H33F3N4O4S. The molecular weight excluding hydrogens is 545 g/mol. The standard InChI is InChI=1S/C28H33F3N4O4S/c1-5-16-9-18-21(19(28(29,30)31)10-32-23(18)40-16)33-11-27(12-33)13-34(14-27)24(37)22-17-7-6-15(8-20(17)36)35(22)25(38)39-26(2,3)4/h9-10,15,17,22H,5-8,11-14H2,1-4H3/t15-,17+,22-/m0/s1. The van der Waals surface area contributed by atoms with Crippen LogP contribution in [0.1, 0.15) is 57.4 Å². The molecule has 0 radical (unpaired) electrons. The molecule has 5 fully saturated rings. The molecule has 2 bridgehead atoms. The molecule has 40 heavy (non-hydrogen) atoms. The van der Waals surface area contributed by atoms with Crippen LogP contribution in [0, 0.1) is 11.3 Å². The van der Waals surface area contributed by atoms with Crippen LogP contribution in [0.4, 0.5) is 23.7 Å². The summed E-state index contributed by atoms with van der Waals surface area (Å²) < 4.78 is 47.5. The Morgan fingerprint density at radius 3 is 2.45 bits per heavy atom. The highest BCUT2D eigenvalue weighted by Crippen LogP contribution is 2.50. The minimum Gasteiger partial charge on any atom is -0.444 e. The van der Waals surface area contributed by atoms with Gasteiger partial charge in [0.25, 0.3) is 0 Å². The van der Waals surface area contributed by atoms with Gasteiger partial charge in [-0.15, -0.1) is 11.3 Å². The van der Waals surface area contributed by atoms with E-state index in [1.54, 1.807) is 36.6 Å². The van der Waals surface area contributed by atoms with E-state index in [2.05, 4.69) is 4.98 Å². The van der Waals surface area contributed by atoms with Crippen LogP contribution in [0.2, 0.25) is 0 Å². The van der Waals surface area contributed by atoms with Crippen molar-refractivity contribution in [2.24, 2.45) is 11.3 Å². The first-order valence-electron chi connectivity index (χ1n) is 13.8. The van der Waals surface area contributed by atoms with Gasteiger partial charge in [-0.3, -0.25) is 14.5 Å². The third-order valence-corrected chi connectivity index (χ3v) is 9.75. The third kappa shape index (κ3) is 4.42. The maximum Gasteiger partial charge on any atom is 0.419 e. The minimum absolute atomic E-state index is 0.00283. The number of amides is 2. The summed E-state index contributed by atoms with van der Waals surface area (Å²) in [5.74, 6) is -0.821. The molecule has 6 heterocycles. The molecule has 4 aliphatic heterocycles. The summed E-state index contributed by atoms with van der Waals surface area (Å²) in [6.07, 6.45) is -2.02. The number of aryl methyl sites for hydroxylation is 1. The van der Waals surface area contributed by atoms with Crippen molar-refractivity contribution < 1.29 is 32.3 Å². The Hall–Kier alpha value is -2.89. The lowest BCUT2D eigenvalue weighted by Gasteiger charge is -2.62. The van der Waals surface area contributed by atoms with Gasteiger partial charge in [0, 0.05) is 66.4 Å². The average Bonchev–Trinajstić information content (AvgIpc) is 3.23. The van der Waals surface area contributed by atoms with E-state index in [9.17, 15) is 27.6 Å². The van der Waals surface area contributed by atoms with Crippen LogP contribution in [0.3, 0.4) is 0 Å². The fourth-order valence-corrected chi connectivity index (χ4v) is 7.80. The highest BCUT2D eigenvalue weighted by molar-refractivity contribution is 7.18. The summed E-state index contributed by atoms with van der Waals surface area (Å²) in [7, 11) is 0. The van der Waals surface area contributed by atoms with Crippen molar-refractivity contribution in [3.05, 3.63) is 22.7 Å². The molecule has 1 spiro atoms. The molecule has 3 atom stereocenters. The van der Waals surface area contributed by atoms with E-state index in [0.717, 1.165) is 11.1 Å². The quantitative estimate of drug-likeness (QED) is 0.516. The Labute approximate surface area is 234 Å². The number of ether oxygens (including phenoxy) is 1. The normalized spacial score (nSPS) is 25.8. The number of pyridine rings is 1. The first kappa shape index (κ1) is 27.3. The molecule has 0 aromatic carbocycles. The first-order valence-corrected chi connectivity index (χ1v) is 14.6. The summed E-state index contributed by atoms with van der Waals surface area (Å²) in [6, 6.07) is 0.557. The second kappa shape index (κ2) is 9.06. The van der Waals surface area contributed by atoms with Crippen molar-refractivity contribution in [1.29, 1.82) is 0 Å². The second-order valence-corrected chi connectivity index (χ2v) is 13.8. The van der Waals surface area contributed by atoms with Gasteiger partial charge in [-0.2, -0.15) is 13.2 Å². The van der Waals surface area contributed by atoms with Crippen molar-refractivity contribution in [1.82, 2.24) is 14.8 Å². The number of likely N-dealkylation sites (tertiary alicyclic amines) is 1. The molecule has 5 aliphatic rings. The molecule has 1 aliphatic carbocycles. The van der Waals surface area contributed by atoms with E-state index in [1.807, 2.05) is 6.92 Å².